The number of hydrogen-bond acceptors (Lipinski definition) is 5. The molecule has 0 bridgehead atoms. The van der Waals surface area contributed by atoms with Gasteiger partial charge in [-0.05, 0) is 46.5 Å². The Balaban J connectivity index is 2.26. The zero-order valence-electron chi connectivity index (χ0n) is 13.2. The lowest BCUT2D eigenvalue weighted by Gasteiger charge is -2.28. The van der Waals surface area contributed by atoms with Crippen molar-refractivity contribution in [1.29, 1.82) is 0 Å². The van der Waals surface area contributed by atoms with Crippen molar-refractivity contribution in [3.63, 3.8) is 0 Å². The summed E-state index contributed by atoms with van der Waals surface area (Å²) in [5.74, 6) is -0.188. The van der Waals surface area contributed by atoms with E-state index in [9.17, 15) is 4.79 Å². The van der Waals surface area contributed by atoms with E-state index in [1.807, 2.05) is 20.8 Å². The molecule has 1 N–H and O–H groups in total. The number of carbonyl (C=O) groups excluding carboxylic acids is 1. The number of nitrogens with one attached hydrogen (secondary N) is 1. The molecule has 2 unspecified atom stereocenters. The van der Waals surface area contributed by atoms with Gasteiger partial charge in [-0.3, -0.25) is 10.1 Å². The van der Waals surface area contributed by atoms with E-state index < -0.39 is 5.54 Å². The number of carbonyl (C=O) groups is 1. The minimum absolute atomic E-state index is 0.0933. The van der Waals surface area contributed by atoms with Crippen LogP contribution in [0.15, 0.2) is 0 Å². The second kappa shape index (κ2) is 8.60. The van der Waals surface area contributed by atoms with E-state index in [0.717, 1.165) is 25.7 Å². The largest absolute Gasteiger partial charge is 0.468 e. The lowest BCUT2D eigenvalue weighted by atomic mass is 9.96. The second-order valence-corrected chi connectivity index (χ2v) is 5.69. The van der Waals surface area contributed by atoms with Crippen LogP contribution in [0.25, 0.3) is 0 Å². The second-order valence-electron chi connectivity index (χ2n) is 5.69. The zero-order valence-corrected chi connectivity index (χ0v) is 13.2. The molecule has 0 radical (unpaired) electrons. The van der Waals surface area contributed by atoms with Gasteiger partial charge in [-0.25, -0.2) is 0 Å². The third kappa shape index (κ3) is 6.20. The van der Waals surface area contributed by atoms with Crippen LogP contribution in [-0.2, 0) is 19.0 Å². The van der Waals surface area contributed by atoms with Crippen LogP contribution in [-0.4, -0.2) is 50.6 Å². The van der Waals surface area contributed by atoms with Gasteiger partial charge in [0, 0.05) is 19.3 Å². The van der Waals surface area contributed by atoms with Crippen molar-refractivity contribution in [2.45, 2.75) is 64.1 Å². The fraction of sp³-hybridized carbons (Fsp3) is 0.933. The Morgan fingerprint density at radius 2 is 2.15 bits per heavy atom. The van der Waals surface area contributed by atoms with Crippen molar-refractivity contribution in [3.8, 4) is 0 Å². The van der Waals surface area contributed by atoms with Gasteiger partial charge in [-0.1, -0.05) is 0 Å². The number of esters is 1. The molecular weight excluding hydrogens is 258 g/mol. The molecule has 0 aromatic carbocycles. The van der Waals surface area contributed by atoms with Crippen LogP contribution in [0.1, 0.15) is 46.5 Å². The molecule has 1 aliphatic rings. The first kappa shape index (κ1) is 17.4. The van der Waals surface area contributed by atoms with Crippen LogP contribution in [0, 0.1) is 0 Å². The first-order chi connectivity index (χ1) is 9.51. The Morgan fingerprint density at radius 3 is 2.70 bits per heavy atom. The van der Waals surface area contributed by atoms with Gasteiger partial charge >= 0.3 is 5.97 Å². The van der Waals surface area contributed by atoms with E-state index in [-0.39, 0.29) is 12.1 Å². The van der Waals surface area contributed by atoms with Crippen LogP contribution < -0.4 is 5.32 Å². The first-order valence-corrected chi connectivity index (χ1v) is 7.57. The Labute approximate surface area is 122 Å². The highest BCUT2D eigenvalue weighted by molar-refractivity contribution is 5.80. The van der Waals surface area contributed by atoms with E-state index in [1.165, 1.54) is 7.11 Å². The van der Waals surface area contributed by atoms with Crippen LogP contribution in [0.2, 0.25) is 0 Å². The smallest absolute Gasteiger partial charge is 0.325 e. The van der Waals surface area contributed by atoms with E-state index in [4.69, 9.17) is 14.2 Å². The molecule has 5 nitrogen and oxygen atoms in total. The minimum Gasteiger partial charge on any atom is -0.468 e. The Kier molecular flexibility index (Phi) is 7.48. The van der Waals surface area contributed by atoms with Crippen molar-refractivity contribution in [2.75, 3.05) is 26.9 Å². The maximum atomic E-state index is 11.9. The summed E-state index contributed by atoms with van der Waals surface area (Å²) < 4.78 is 15.9. The van der Waals surface area contributed by atoms with Crippen molar-refractivity contribution < 1.29 is 19.0 Å². The average Bonchev–Trinajstić information content (AvgIpc) is 3.24. The normalized spacial score (nSPS) is 19.4. The van der Waals surface area contributed by atoms with Crippen molar-refractivity contribution in [1.82, 2.24) is 5.32 Å². The third-order valence-corrected chi connectivity index (χ3v) is 3.52. The lowest BCUT2D eigenvalue weighted by molar-refractivity contribution is -0.148. The Morgan fingerprint density at radius 1 is 1.45 bits per heavy atom. The zero-order chi connectivity index (χ0) is 15.0. The summed E-state index contributed by atoms with van der Waals surface area (Å²) in [5.41, 5.74) is -0.595. The predicted molar refractivity (Wildman–Crippen MR) is 77.7 cm³/mol. The topological polar surface area (TPSA) is 56.8 Å². The molecule has 0 aromatic heterocycles. The number of rotatable bonds is 11. The van der Waals surface area contributed by atoms with E-state index in [2.05, 4.69) is 5.32 Å². The Hall–Kier alpha value is -0.650. The maximum Gasteiger partial charge on any atom is 0.325 e. The molecule has 0 amide bonds. The molecule has 1 rings (SSSR count). The SMILES string of the molecule is CCOCC(C)OCCCC(C)(NC1CC1)C(=O)OC. The maximum absolute atomic E-state index is 11.9. The fourth-order valence-corrected chi connectivity index (χ4v) is 2.18. The number of hydrogen-bond donors (Lipinski definition) is 1. The van der Waals surface area contributed by atoms with Gasteiger partial charge in [-0.15, -0.1) is 0 Å². The van der Waals surface area contributed by atoms with Crippen molar-refractivity contribution in [3.05, 3.63) is 0 Å². The van der Waals surface area contributed by atoms with E-state index in [1.54, 1.807) is 0 Å². The summed E-state index contributed by atoms with van der Waals surface area (Å²) in [6.45, 7) is 7.84. The molecule has 0 aromatic rings. The molecular formula is C15H29NO4. The van der Waals surface area contributed by atoms with Crippen LogP contribution in [0.5, 0.6) is 0 Å². The molecule has 0 spiro atoms. The molecule has 0 aliphatic heterocycles. The molecule has 0 saturated heterocycles. The predicted octanol–water partition coefficient (Wildman–Crippen LogP) is 1.89. The van der Waals surface area contributed by atoms with Crippen molar-refractivity contribution >= 4 is 5.97 Å². The molecule has 2 atom stereocenters. The summed E-state index contributed by atoms with van der Waals surface area (Å²) in [4.78, 5) is 11.9. The van der Waals surface area contributed by atoms with Gasteiger partial charge in [0.25, 0.3) is 0 Å². The van der Waals surface area contributed by atoms with Gasteiger partial charge in [0.15, 0.2) is 0 Å². The minimum atomic E-state index is -0.595. The summed E-state index contributed by atoms with van der Waals surface area (Å²) in [6.07, 6.45) is 3.93. The van der Waals surface area contributed by atoms with Crippen LogP contribution in [0.4, 0.5) is 0 Å². The molecule has 1 aliphatic carbocycles. The standard InChI is InChI=1S/C15H29NO4/c1-5-19-11-12(2)20-10-6-9-15(3,14(17)18-4)16-13-7-8-13/h12-13,16H,5-11H2,1-4H3. The monoisotopic (exact) mass is 287 g/mol. The number of methoxy groups -OCH3 is 1. The highest BCUT2D eigenvalue weighted by atomic mass is 16.5. The van der Waals surface area contributed by atoms with Crippen LogP contribution in [0.3, 0.4) is 0 Å². The summed E-state index contributed by atoms with van der Waals surface area (Å²) in [6, 6.07) is 0.469. The molecule has 1 fully saturated rings. The lowest BCUT2D eigenvalue weighted by Crippen LogP contribution is -2.51. The van der Waals surface area contributed by atoms with E-state index >= 15 is 0 Å². The average molecular weight is 287 g/mol. The van der Waals surface area contributed by atoms with Crippen molar-refractivity contribution in [2.24, 2.45) is 0 Å². The summed E-state index contributed by atoms with van der Waals surface area (Å²) >= 11 is 0. The molecule has 20 heavy (non-hydrogen) atoms. The van der Waals surface area contributed by atoms with Gasteiger partial charge in [0.2, 0.25) is 0 Å². The van der Waals surface area contributed by atoms with Gasteiger partial charge in [0.1, 0.15) is 5.54 Å². The Bertz CT molecular complexity index is 294. The highest BCUT2D eigenvalue weighted by Crippen LogP contribution is 2.25. The summed E-state index contributed by atoms with van der Waals surface area (Å²) in [5, 5.41) is 3.39. The molecule has 0 heterocycles. The van der Waals surface area contributed by atoms with Gasteiger partial charge < -0.3 is 14.2 Å². The molecule has 118 valence electrons. The molecule has 5 heteroatoms. The van der Waals surface area contributed by atoms with E-state index in [0.29, 0.717) is 25.9 Å². The number of ether oxygens (including phenoxy) is 3. The quantitative estimate of drug-likeness (QED) is 0.464. The highest BCUT2D eigenvalue weighted by Gasteiger charge is 2.38. The van der Waals surface area contributed by atoms with Crippen LogP contribution >= 0.6 is 0 Å². The van der Waals surface area contributed by atoms with Gasteiger partial charge in [-0.2, -0.15) is 0 Å². The fourth-order valence-electron chi connectivity index (χ4n) is 2.18. The molecule has 1 saturated carbocycles. The summed E-state index contributed by atoms with van der Waals surface area (Å²) in [7, 11) is 1.44. The van der Waals surface area contributed by atoms with Gasteiger partial charge in [0.05, 0.1) is 19.8 Å². The third-order valence-electron chi connectivity index (χ3n) is 3.52. The first-order valence-electron chi connectivity index (χ1n) is 7.57.